The number of benzene rings is 2. The molecule has 31 heavy (non-hydrogen) atoms. The van der Waals surface area contributed by atoms with E-state index in [2.05, 4.69) is 0 Å². The Kier molecular flexibility index (Phi) is 5.89. The average molecular weight is 419 g/mol. The van der Waals surface area contributed by atoms with Gasteiger partial charge in [-0.1, -0.05) is 54.6 Å². The molecule has 1 aliphatic carbocycles. The van der Waals surface area contributed by atoms with Gasteiger partial charge in [-0.25, -0.2) is 9.59 Å². The minimum Gasteiger partial charge on any atom is -0.465 e. The van der Waals surface area contributed by atoms with E-state index >= 15 is 0 Å². The van der Waals surface area contributed by atoms with Crippen LogP contribution in [0.2, 0.25) is 0 Å². The summed E-state index contributed by atoms with van der Waals surface area (Å²) in [7, 11) is 1.33. The summed E-state index contributed by atoms with van der Waals surface area (Å²) in [4.78, 5) is 39.1. The van der Waals surface area contributed by atoms with Crippen molar-refractivity contribution in [1.29, 1.82) is 0 Å². The maximum absolute atomic E-state index is 12.9. The monoisotopic (exact) mass is 419 g/mol. The van der Waals surface area contributed by atoms with Crippen LogP contribution in [-0.2, 0) is 20.9 Å². The zero-order valence-electron chi connectivity index (χ0n) is 17.5. The van der Waals surface area contributed by atoms with Crippen LogP contribution in [-0.4, -0.2) is 42.9 Å². The van der Waals surface area contributed by atoms with Gasteiger partial charge in [0.25, 0.3) is 0 Å². The lowest BCUT2D eigenvalue weighted by atomic mass is 9.78. The molecule has 2 aliphatic rings. The molecule has 0 unspecified atom stereocenters. The molecule has 0 aromatic heterocycles. The number of nitrogens with zero attached hydrogens (tertiary/aromatic N) is 1. The van der Waals surface area contributed by atoms with E-state index < -0.39 is 5.97 Å². The molecule has 1 spiro atoms. The summed E-state index contributed by atoms with van der Waals surface area (Å²) in [6.07, 6.45) is 3.43. The van der Waals surface area contributed by atoms with Gasteiger partial charge in [0.1, 0.15) is 6.61 Å². The molecule has 1 fully saturated rings. The van der Waals surface area contributed by atoms with Crippen LogP contribution >= 0.6 is 0 Å². The van der Waals surface area contributed by atoms with Crippen molar-refractivity contribution in [1.82, 2.24) is 4.90 Å². The number of carbonyl (C=O) groups is 3. The Bertz CT molecular complexity index is 1020. The van der Waals surface area contributed by atoms with Crippen LogP contribution in [0.4, 0.5) is 4.79 Å². The molecule has 0 atom stereocenters. The number of allylic oxidation sites excluding steroid dienone is 2. The normalized spacial score (nSPS) is 17.4. The first-order valence-electron chi connectivity index (χ1n) is 10.4. The van der Waals surface area contributed by atoms with Gasteiger partial charge in [-0.3, -0.25) is 4.79 Å². The predicted molar refractivity (Wildman–Crippen MR) is 115 cm³/mol. The number of rotatable bonds is 4. The van der Waals surface area contributed by atoms with Crippen LogP contribution in [0.5, 0.6) is 0 Å². The fourth-order valence-corrected chi connectivity index (χ4v) is 4.35. The Morgan fingerprint density at radius 1 is 1.00 bits per heavy atom. The fourth-order valence-electron chi connectivity index (χ4n) is 4.35. The largest absolute Gasteiger partial charge is 0.465 e. The Hall–Kier alpha value is -3.41. The minimum atomic E-state index is -0.457. The van der Waals surface area contributed by atoms with Gasteiger partial charge in [0.05, 0.1) is 12.7 Å². The van der Waals surface area contributed by atoms with Gasteiger partial charge < -0.3 is 14.4 Å². The lowest BCUT2D eigenvalue weighted by Crippen LogP contribution is -2.42. The molecule has 0 radical (unpaired) electrons. The Balaban J connectivity index is 1.43. The third-order valence-electron chi connectivity index (χ3n) is 6.11. The molecule has 0 saturated carbocycles. The van der Waals surface area contributed by atoms with Crippen LogP contribution in [0.25, 0.3) is 5.57 Å². The maximum Gasteiger partial charge on any atom is 0.410 e. The number of amides is 1. The van der Waals surface area contributed by atoms with E-state index in [9.17, 15) is 14.4 Å². The lowest BCUT2D eigenvalue weighted by molar-refractivity contribution is -0.114. The summed E-state index contributed by atoms with van der Waals surface area (Å²) >= 11 is 0. The molecule has 1 saturated heterocycles. The van der Waals surface area contributed by atoms with E-state index in [-0.39, 0.29) is 23.9 Å². The van der Waals surface area contributed by atoms with Crippen molar-refractivity contribution >= 4 is 23.4 Å². The van der Waals surface area contributed by atoms with Crippen LogP contribution in [0.1, 0.15) is 40.7 Å². The Labute approximate surface area is 181 Å². The van der Waals surface area contributed by atoms with E-state index in [0.29, 0.717) is 49.1 Å². The number of likely N-dealkylation sites (tertiary alicyclic amines) is 1. The number of methoxy groups -OCH3 is 1. The highest BCUT2D eigenvalue weighted by atomic mass is 16.6. The Morgan fingerprint density at radius 3 is 2.39 bits per heavy atom. The van der Waals surface area contributed by atoms with E-state index in [0.717, 1.165) is 5.56 Å². The lowest BCUT2D eigenvalue weighted by Gasteiger charge is -2.37. The highest BCUT2D eigenvalue weighted by Gasteiger charge is 2.42. The number of piperidine rings is 1. The zero-order valence-corrected chi connectivity index (χ0v) is 17.5. The molecule has 1 heterocycles. The summed E-state index contributed by atoms with van der Waals surface area (Å²) < 4.78 is 10.3. The van der Waals surface area contributed by atoms with Gasteiger partial charge in [0.2, 0.25) is 0 Å². The van der Waals surface area contributed by atoms with E-state index in [4.69, 9.17) is 9.47 Å². The van der Waals surface area contributed by atoms with Crippen LogP contribution in [0, 0.1) is 5.41 Å². The molecule has 0 N–H and O–H groups in total. The summed E-state index contributed by atoms with van der Waals surface area (Å²) in [5.41, 5.74) is 2.24. The molecule has 160 valence electrons. The smallest absolute Gasteiger partial charge is 0.410 e. The second-order valence-corrected chi connectivity index (χ2v) is 8.08. The highest BCUT2D eigenvalue weighted by Crippen LogP contribution is 2.46. The minimum absolute atomic E-state index is 0.0245. The highest BCUT2D eigenvalue weighted by molar-refractivity contribution is 6.25. The second-order valence-electron chi connectivity index (χ2n) is 8.08. The van der Waals surface area contributed by atoms with Crippen molar-refractivity contribution < 1.29 is 23.9 Å². The number of hydrogen-bond acceptors (Lipinski definition) is 5. The molecule has 6 heteroatoms. The standard InChI is InChI=1S/C25H25NO5/c1-30-23(28)20-10-6-5-9-19(20)21-15-25(16-22(21)27)11-13-26(14-12-25)24(29)31-17-18-7-3-2-4-8-18/h2-10,15H,11-14,16-17H2,1H3. The molecule has 1 aliphatic heterocycles. The molecule has 4 rings (SSSR count). The maximum atomic E-state index is 12.9. The summed E-state index contributed by atoms with van der Waals surface area (Å²) in [6, 6.07) is 16.6. The van der Waals surface area contributed by atoms with Crippen molar-refractivity contribution in [3.63, 3.8) is 0 Å². The van der Waals surface area contributed by atoms with Gasteiger partial charge >= 0.3 is 12.1 Å². The number of esters is 1. The number of carbonyl (C=O) groups excluding carboxylic acids is 3. The van der Waals surface area contributed by atoms with Crippen LogP contribution in [0.15, 0.2) is 60.7 Å². The topological polar surface area (TPSA) is 72.9 Å². The van der Waals surface area contributed by atoms with Crippen molar-refractivity contribution in [3.8, 4) is 0 Å². The second kappa shape index (κ2) is 8.76. The first-order chi connectivity index (χ1) is 15.0. The van der Waals surface area contributed by atoms with E-state index in [1.807, 2.05) is 42.5 Å². The van der Waals surface area contributed by atoms with E-state index in [1.54, 1.807) is 23.1 Å². The average Bonchev–Trinajstić information content (AvgIpc) is 3.13. The SMILES string of the molecule is COC(=O)c1ccccc1C1=CC2(CCN(C(=O)OCc3ccccc3)CC2)CC1=O. The van der Waals surface area contributed by atoms with Gasteiger partial charge in [0.15, 0.2) is 5.78 Å². The Morgan fingerprint density at radius 2 is 1.68 bits per heavy atom. The van der Waals surface area contributed by atoms with Crippen molar-refractivity contribution in [2.75, 3.05) is 20.2 Å². The number of ether oxygens (including phenoxy) is 2. The molecule has 0 bridgehead atoms. The van der Waals surface area contributed by atoms with E-state index in [1.165, 1.54) is 7.11 Å². The summed E-state index contributed by atoms with van der Waals surface area (Å²) in [5.74, 6) is -0.433. The molecule has 6 nitrogen and oxygen atoms in total. The first kappa shape index (κ1) is 20.8. The molecule has 1 amide bonds. The quantitative estimate of drug-likeness (QED) is 0.693. The molecular weight excluding hydrogens is 394 g/mol. The fraction of sp³-hybridized carbons (Fsp3) is 0.320. The van der Waals surface area contributed by atoms with Gasteiger partial charge in [-0.15, -0.1) is 0 Å². The summed E-state index contributed by atoms with van der Waals surface area (Å²) in [5, 5.41) is 0. The number of Topliss-reactive ketones (excluding diaryl/α,β-unsaturated/α-hetero) is 1. The number of ketones is 1. The zero-order chi connectivity index (χ0) is 21.8. The summed E-state index contributed by atoms with van der Waals surface area (Å²) in [6.45, 7) is 1.31. The van der Waals surface area contributed by atoms with Crippen molar-refractivity contribution in [2.24, 2.45) is 5.41 Å². The predicted octanol–water partition coefficient (Wildman–Crippen LogP) is 4.25. The van der Waals surface area contributed by atoms with Crippen molar-refractivity contribution in [3.05, 3.63) is 77.4 Å². The third-order valence-corrected chi connectivity index (χ3v) is 6.11. The van der Waals surface area contributed by atoms with Gasteiger partial charge in [-0.05, 0) is 35.4 Å². The van der Waals surface area contributed by atoms with Crippen LogP contribution in [0.3, 0.4) is 0 Å². The van der Waals surface area contributed by atoms with Gasteiger partial charge in [0, 0.05) is 25.1 Å². The third kappa shape index (κ3) is 4.38. The van der Waals surface area contributed by atoms with Crippen molar-refractivity contribution in [2.45, 2.75) is 25.9 Å². The van der Waals surface area contributed by atoms with Gasteiger partial charge in [-0.2, -0.15) is 0 Å². The number of hydrogen-bond donors (Lipinski definition) is 0. The van der Waals surface area contributed by atoms with Crippen LogP contribution < -0.4 is 0 Å². The molecule has 2 aromatic rings. The molecular formula is C25H25NO5. The molecule has 2 aromatic carbocycles. The first-order valence-corrected chi connectivity index (χ1v) is 10.4.